The minimum Gasteiger partial charge on any atom is -0.345 e. The Morgan fingerprint density at radius 1 is 1.79 bits per heavy atom. The predicted molar refractivity (Wildman–Crippen MR) is 60.1 cm³/mol. The molecule has 0 aliphatic heterocycles. The topological polar surface area (TPSA) is 42.0 Å². The molecule has 1 aliphatic carbocycles. The van der Waals surface area contributed by atoms with Crippen LogP contribution in [0.25, 0.3) is 0 Å². The highest BCUT2D eigenvalue weighted by atomic mass is 79.9. The standard InChI is InChI=1S/C9H11BrN2OS/c1-6-11-4-7(14-6)8(13)12-9(5-10)2-3-9/h4H,2-3,5H2,1H3,(H,12,13). The summed E-state index contributed by atoms with van der Waals surface area (Å²) in [6, 6.07) is 0. The van der Waals surface area contributed by atoms with Crippen molar-refractivity contribution in [1.29, 1.82) is 0 Å². The average Bonchev–Trinajstić information content (AvgIpc) is 2.80. The van der Waals surface area contributed by atoms with E-state index in [0.29, 0.717) is 4.88 Å². The molecule has 76 valence electrons. The zero-order chi connectivity index (χ0) is 10.2. The first-order valence-corrected chi connectivity index (χ1v) is 6.40. The predicted octanol–water partition coefficient (Wildman–Crippen LogP) is 2.11. The Balaban J connectivity index is 2.03. The van der Waals surface area contributed by atoms with E-state index in [2.05, 4.69) is 26.2 Å². The molecule has 0 saturated heterocycles. The molecule has 0 unspecified atom stereocenters. The third kappa shape index (κ3) is 1.98. The number of thiazole rings is 1. The van der Waals surface area contributed by atoms with Crippen molar-refractivity contribution in [2.24, 2.45) is 0 Å². The summed E-state index contributed by atoms with van der Waals surface area (Å²) in [5.74, 6) is 0.00699. The maximum Gasteiger partial charge on any atom is 0.263 e. The van der Waals surface area contributed by atoms with Gasteiger partial charge in [-0.05, 0) is 19.8 Å². The number of aryl methyl sites for hydroxylation is 1. The number of aromatic nitrogens is 1. The number of alkyl halides is 1. The summed E-state index contributed by atoms with van der Waals surface area (Å²) < 4.78 is 0. The van der Waals surface area contributed by atoms with E-state index in [1.807, 2.05) is 6.92 Å². The van der Waals surface area contributed by atoms with Crippen LogP contribution in [0, 0.1) is 6.92 Å². The molecule has 0 spiro atoms. The fourth-order valence-electron chi connectivity index (χ4n) is 1.21. The van der Waals surface area contributed by atoms with Gasteiger partial charge in [-0.2, -0.15) is 0 Å². The van der Waals surface area contributed by atoms with E-state index in [0.717, 1.165) is 23.2 Å². The highest BCUT2D eigenvalue weighted by Crippen LogP contribution is 2.37. The van der Waals surface area contributed by atoms with Crippen molar-refractivity contribution in [2.45, 2.75) is 25.3 Å². The molecule has 1 heterocycles. The fourth-order valence-corrected chi connectivity index (χ4v) is 2.59. The Bertz CT molecular complexity index is 359. The Hall–Kier alpha value is -0.420. The van der Waals surface area contributed by atoms with Crippen LogP contribution in [0.4, 0.5) is 0 Å². The lowest BCUT2D eigenvalue weighted by molar-refractivity contribution is 0.0940. The van der Waals surface area contributed by atoms with Crippen LogP contribution >= 0.6 is 27.3 Å². The van der Waals surface area contributed by atoms with Crippen molar-refractivity contribution in [3.05, 3.63) is 16.1 Å². The minimum atomic E-state index is 0.00699. The minimum absolute atomic E-state index is 0.00699. The highest BCUT2D eigenvalue weighted by molar-refractivity contribution is 9.09. The lowest BCUT2D eigenvalue weighted by Gasteiger charge is -2.12. The molecule has 14 heavy (non-hydrogen) atoms. The van der Waals surface area contributed by atoms with Crippen LogP contribution in [0.15, 0.2) is 6.20 Å². The van der Waals surface area contributed by atoms with Gasteiger partial charge in [-0.25, -0.2) is 4.98 Å². The van der Waals surface area contributed by atoms with Gasteiger partial charge < -0.3 is 5.32 Å². The van der Waals surface area contributed by atoms with Crippen molar-refractivity contribution in [3.63, 3.8) is 0 Å². The number of nitrogens with one attached hydrogen (secondary N) is 1. The fraction of sp³-hybridized carbons (Fsp3) is 0.556. The van der Waals surface area contributed by atoms with Gasteiger partial charge in [0.1, 0.15) is 4.88 Å². The highest BCUT2D eigenvalue weighted by Gasteiger charge is 2.43. The number of halogens is 1. The average molecular weight is 275 g/mol. The molecule has 1 aliphatic rings. The molecule has 0 bridgehead atoms. The molecular formula is C9H11BrN2OS. The van der Waals surface area contributed by atoms with Crippen LogP contribution < -0.4 is 5.32 Å². The third-order valence-corrected chi connectivity index (χ3v) is 4.32. The summed E-state index contributed by atoms with van der Waals surface area (Å²) in [6.07, 6.45) is 3.78. The molecule has 1 aromatic rings. The van der Waals surface area contributed by atoms with Crippen molar-refractivity contribution >= 4 is 33.2 Å². The molecular weight excluding hydrogens is 264 g/mol. The normalized spacial score (nSPS) is 17.9. The first-order valence-electron chi connectivity index (χ1n) is 4.46. The Morgan fingerprint density at radius 2 is 2.50 bits per heavy atom. The SMILES string of the molecule is Cc1ncc(C(=O)NC2(CBr)CC2)s1. The largest absolute Gasteiger partial charge is 0.345 e. The second-order valence-corrected chi connectivity index (χ2v) is 5.41. The van der Waals surface area contributed by atoms with Gasteiger partial charge in [0.2, 0.25) is 0 Å². The summed E-state index contributed by atoms with van der Waals surface area (Å²) in [5.41, 5.74) is 0.0228. The van der Waals surface area contributed by atoms with E-state index < -0.39 is 0 Å². The Morgan fingerprint density at radius 3 is 2.93 bits per heavy atom. The second kappa shape index (κ2) is 3.62. The number of hydrogen-bond acceptors (Lipinski definition) is 3. The number of nitrogens with zero attached hydrogens (tertiary/aromatic N) is 1. The van der Waals surface area contributed by atoms with Crippen LogP contribution in [0.1, 0.15) is 27.5 Å². The van der Waals surface area contributed by atoms with Crippen LogP contribution in [0.5, 0.6) is 0 Å². The van der Waals surface area contributed by atoms with Gasteiger partial charge in [0, 0.05) is 5.33 Å². The molecule has 0 atom stereocenters. The lowest BCUT2D eigenvalue weighted by atomic mass is 10.3. The zero-order valence-corrected chi connectivity index (χ0v) is 10.2. The zero-order valence-electron chi connectivity index (χ0n) is 7.84. The van der Waals surface area contributed by atoms with Crippen LogP contribution in [0.2, 0.25) is 0 Å². The first kappa shape index (κ1) is 10.1. The maximum absolute atomic E-state index is 11.7. The molecule has 1 saturated carbocycles. The number of carbonyl (C=O) groups is 1. The first-order chi connectivity index (χ1) is 6.65. The molecule has 5 heteroatoms. The van der Waals surface area contributed by atoms with Gasteiger partial charge in [0.25, 0.3) is 5.91 Å². The summed E-state index contributed by atoms with van der Waals surface area (Å²) in [5, 5.41) is 4.80. The van der Waals surface area contributed by atoms with Crippen LogP contribution in [-0.2, 0) is 0 Å². The monoisotopic (exact) mass is 274 g/mol. The summed E-state index contributed by atoms with van der Waals surface area (Å²) in [7, 11) is 0. The lowest BCUT2D eigenvalue weighted by Crippen LogP contribution is -2.37. The quantitative estimate of drug-likeness (QED) is 0.858. The second-order valence-electron chi connectivity index (χ2n) is 3.61. The smallest absolute Gasteiger partial charge is 0.263 e. The number of carbonyl (C=O) groups excluding carboxylic acids is 1. The molecule has 1 N–H and O–H groups in total. The number of hydrogen-bond donors (Lipinski definition) is 1. The van der Waals surface area contributed by atoms with E-state index in [1.165, 1.54) is 11.3 Å². The summed E-state index contributed by atoms with van der Waals surface area (Å²) >= 11 is 4.85. The molecule has 1 amide bonds. The molecule has 0 aromatic carbocycles. The molecule has 3 nitrogen and oxygen atoms in total. The maximum atomic E-state index is 11.7. The van der Waals surface area contributed by atoms with E-state index in [4.69, 9.17) is 0 Å². The van der Waals surface area contributed by atoms with E-state index in [1.54, 1.807) is 6.20 Å². The van der Waals surface area contributed by atoms with Crippen molar-refractivity contribution in [3.8, 4) is 0 Å². The van der Waals surface area contributed by atoms with Gasteiger partial charge in [-0.1, -0.05) is 15.9 Å². The van der Waals surface area contributed by atoms with E-state index >= 15 is 0 Å². The van der Waals surface area contributed by atoms with Crippen molar-refractivity contribution < 1.29 is 4.79 Å². The summed E-state index contributed by atoms with van der Waals surface area (Å²) in [4.78, 5) is 16.5. The van der Waals surface area contributed by atoms with Crippen molar-refractivity contribution in [2.75, 3.05) is 5.33 Å². The third-order valence-electron chi connectivity index (χ3n) is 2.33. The number of amides is 1. The molecule has 1 fully saturated rings. The Labute approximate surface area is 95.1 Å². The van der Waals surface area contributed by atoms with Gasteiger partial charge in [-0.15, -0.1) is 11.3 Å². The van der Waals surface area contributed by atoms with E-state index in [-0.39, 0.29) is 11.4 Å². The summed E-state index contributed by atoms with van der Waals surface area (Å²) in [6.45, 7) is 1.90. The van der Waals surface area contributed by atoms with Gasteiger partial charge in [-0.3, -0.25) is 4.79 Å². The molecule has 1 aromatic heterocycles. The molecule has 2 rings (SSSR count). The van der Waals surface area contributed by atoms with Crippen LogP contribution in [0.3, 0.4) is 0 Å². The van der Waals surface area contributed by atoms with E-state index in [9.17, 15) is 4.79 Å². The van der Waals surface area contributed by atoms with Gasteiger partial charge in [0.15, 0.2) is 0 Å². The Kier molecular flexibility index (Phi) is 2.62. The number of rotatable bonds is 3. The van der Waals surface area contributed by atoms with Crippen molar-refractivity contribution in [1.82, 2.24) is 10.3 Å². The van der Waals surface area contributed by atoms with Crippen LogP contribution in [-0.4, -0.2) is 21.8 Å². The van der Waals surface area contributed by atoms with Gasteiger partial charge >= 0.3 is 0 Å². The molecule has 0 radical (unpaired) electrons. The van der Waals surface area contributed by atoms with Gasteiger partial charge in [0.05, 0.1) is 16.7 Å².